The highest BCUT2D eigenvalue weighted by molar-refractivity contribution is 7.89. The van der Waals surface area contributed by atoms with E-state index in [2.05, 4.69) is 5.32 Å². The Balaban J connectivity index is 1.87. The van der Waals surface area contributed by atoms with E-state index in [0.29, 0.717) is 31.6 Å². The Hall–Kier alpha value is -1.51. The van der Waals surface area contributed by atoms with Gasteiger partial charge in [-0.3, -0.25) is 4.79 Å². The number of anilines is 1. The lowest BCUT2D eigenvalue weighted by Gasteiger charge is -2.30. The summed E-state index contributed by atoms with van der Waals surface area (Å²) < 4.78 is 43.4. The van der Waals surface area contributed by atoms with Crippen molar-refractivity contribution in [2.24, 2.45) is 5.92 Å². The van der Waals surface area contributed by atoms with Crippen molar-refractivity contribution in [3.63, 3.8) is 0 Å². The number of hydrogen-bond acceptors (Lipinski definition) is 4. The first-order valence-electron chi connectivity index (χ1n) is 7.45. The number of nitrogens with zero attached hydrogens (tertiary/aromatic N) is 1. The molecule has 1 aromatic carbocycles. The van der Waals surface area contributed by atoms with Crippen LogP contribution < -0.4 is 5.32 Å². The van der Waals surface area contributed by atoms with Crippen molar-refractivity contribution >= 4 is 21.6 Å². The van der Waals surface area contributed by atoms with Crippen LogP contribution in [0.25, 0.3) is 0 Å². The Kier molecular flexibility index (Phi) is 6.09. The number of halogens is 1. The van der Waals surface area contributed by atoms with Gasteiger partial charge >= 0.3 is 0 Å². The van der Waals surface area contributed by atoms with Gasteiger partial charge < -0.3 is 10.1 Å². The summed E-state index contributed by atoms with van der Waals surface area (Å²) in [6.45, 7) is 0.781. The molecule has 0 atom stereocenters. The van der Waals surface area contributed by atoms with Crippen LogP contribution in [0.15, 0.2) is 24.3 Å². The third-order valence-corrected chi connectivity index (χ3v) is 5.69. The zero-order chi connectivity index (χ0) is 16.9. The molecule has 23 heavy (non-hydrogen) atoms. The molecule has 0 bridgehead atoms. The number of carbonyl (C=O) groups excluding carboxylic acids is 1. The fourth-order valence-electron chi connectivity index (χ4n) is 2.52. The van der Waals surface area contributed by atoms with Crippen molar-refractivity contribution in [2.45, 2.75) is 12.8 Å². The van der Waals surface area contributed by atoms with E-state index < -0.39 is 15.8 Å². The largest absolute Gasteiger partial charge is 0.384 e. The van der Waals surface area contributed by atoms with Gasteiger partial charge in [-0.25, -0.2) is 17.1 Å². The third-order valence-electron chi connectivity index (χ3n) is 3.86. The molecule has 0 saturated carbocycles. The first kappa shape index (κ1) is 17.8. The predicted molar refractivity (Wildman–Crippen MR) is 85.0 cm³/mol. The van der Waals surface area contributed by atoms with Gasteiger partial charge in [0.05, 0.1) is 12.4 Å². The molecular weight excluding hydrogens is 323 g/mol. The van der Waals surface area contributed by atoms with Crippen LogP contribution in [0.5, 0.6) is 0 Å². The molecule has 8 heteroatoms. The quantitative estimate of drug-likeness (QED) is 0.847. The standard InChI is InChI=1S/C15H21FN2O4S/c1-22-9-10-23(20,21)18-7-5-12(6-8-18)15(19)17-14-4-2-3-13(16)11-14/h2-4,11-12H,5-10H2,1H3,(H,17,19). The number of methoxy groups -OCH3 is 1. The molecule has 0 aromatic heterocycles. The molecule has 1 aliphatic rings. The lowest BCUT2D eigenvalue weighted by molar-refractivity contribution is -0.120. The van der Waals surface area contributed by atoms with Crippen molar-refractivity contribution in [2.75, 3.05) is 37.9 Å². The van der Waals surface area contributed by atoms with E-state index in [0.717, 1.165) is 0 Å². The predicted octanol–water partition coefficient (Wildman–Crippen LogP) is 1.45. The van der Waals surface area contributed by atoms with E-state index in [1.165, 1.54) is 29.6 Å². The molecule has 2 rings (SSSR count). The summed E-state index contributed by atoms with van der Waals surface area (Å²) in [5, 5.41) is 2.67. The van der Waals surface area contributed by atoms with Gasteiger partial charge in [0.15, 0.2) is 0 Å². The number of amides is 1. The molecule has 0 unspecified atom stereocenters. The Labute approximate surface area is 135 Å². The molecule has 1 N–H and O–H groups in total. The van der Waals surface area contributed by atoms with Gasteiger partial charge in [0.1, 0.15) is 5.82 Å². The van der Waals surface area contributed by atoms with Gasteiger partial charge in [0.25, 0.3) is 0 Å². The normalized spacial score (nSPS) is 17.1. The number of nitrogens with one attached hydrogen (secondary N) is 1. The molecule has 0 aliphatic carbocycles. The maximum absolute atomic E-state index is 13.1. The molecule has 6 nitrogen and oxygen atoms in total. The van der Waals surface area contributed by atoms with Crippen LogP contribution in [0.3, 0.4) is 0 Å². The molecule has 1 aromatic rings. The summed E-state index contributed by atoms with van der Waals surface area (Å²) >= 11 is 0. The molecule has 1 aliphatic heterocycles. The second kappa shape index (κ2) is 7.85. The van der Waals surface area contributed by atoms with Crippen molar-refractivity contribution < 1.29 is 22.3 Å². The summed E-state index contributed by atoms with van der Waals surface area (Å²) in [4.78, 5) is 12.2. The SMILES string of the molecule is COCCS(=O)(=O)N1CCC(C(=O)Nc2cccc(F)c2)CC1. The number of rotatable bonds is 6. The van der Waals surface area contributed by atoms with Gasteiger partial charge in [-0.05, 0) is 31.0 Å². The Bertz CT molecular complexity index is 643. The Morgan fingerprint density at radius 2 is 2.09 bits per heavy atom. The smallest absolute Gasteiger partial charge is 0.227 e. The molecule has 0 spiro atoms. The number of benzene rings is 1. The van der Waals surface area contributed by atoms with E-state index >= 15 is 0 Å². The van der Waals surface area contributed by atoms with E-state index in [9.17, 15) is 17.6 Å². The van der Waals surface area contributed by atoms with Gasteiger partial charge in [0, 0.05) is 31.8 Å². The van der Waals surface area contributed by atoms with Crippen molar-refractivity contribution in [3.8, 4) is 0 Å². The van der Waals surface area contributed by atoms with Gasteiger partial charge in [-0.15, -0.1) is 0 Å². The van der Waals surface area contributed by atoms with Gasteiger partial charge in [0.2, 0.25) is 15.9 Å². The third kappa shape index (κ3) is 4.98. The second-order valence-corrected chi connectivity index (χ2v) is 7.57. The number of carbonyl (C=O) groups is 1. The molecule has 1 fully saturated rings. The summed E-state index contributed by atoms with van der Waals surface area (Å²) in [5.41, 5.74) is 0.408. The summed E-state index contributed by atoms with van der Waals surface area (Å²) in [5.74, 6) is -0.942. The monoisotopic (exact) mass is 344 g/mol. The summed E-state index contributed by atoms with van der Waals surface area (Å²) in [7, 11) is -1.88. The minimum atomic E-state index is -3.33. The fraction of sp³-hybridized carbons (Fsp3) is 0.533. The van der Waals surface area contributed by atoms with Gasteiger partial charge in [-0.1, -0.05) is 6.07 Å². The van der Waals surface area contributed by atoms with Crippen LogP contribution in [-0.2, 0) is 19.6 Å². The van der Waals surface area contributed by atoms with Crippen LogP contribution in [0.4, 0.5) is 10.1 Å². The minimum absolute atomic E-state index is 0.0519. The van der Waals surface area contributed by atoms with E-state index in [4.69, 9.17) is 4.74 Å². The minimum Gasteiger partial charge on any atom is -0.384 e. The molecule has 1 heterocycles. The van der Waals surface area contributed by atoms with Crippen LogP contribution in [-0.4, -0.2) is 51.2 Å². The van der Waals surface area contributed by atoms with Crippen LogP contribution in [0.2, 0.25) is 0 Å². The van der Waals surface area contributed by atoms with Crippen LogP contribution in [0.1, 0.15) is 12.8 Å². The summed E-state index contributed by atoms with van der Waals surface area (Å²) in [6, 6.07) is 5.70. The number of ether oxygens (including phenoxy) is 1. The van der Waals surface area contributed by atoms with Gasteiger partial charge in [-0.2, -0.15) is 0 Å². The first-order valence-corrected chi connectivity index (χ1v) is 9.06. The number of piperidine rings is 1. The highest BCUT2D eigenvalue weighted by atomic mass is 32.2. The lowest BCUT2D eigenvalue weighted by Crippen LogP contribution is -2.42. The molecule has 1 saturated heterocycles. The van der Waals surface area contributed by atoms with Crippen LogP contribution in [0, 0.1) is 11.7 Å². The topological polar surface area (TPSA) is 75.7 Å². The average Bonchev–Trinajstić information content (AvgIpc) is 2.53. The lowest BCUT2D eigenvalue weighted by atomic mass is 9.97. The van der Waals surface area contributed by atoms with Crippen molar-refractivity contribution in [1.29, 1.82) is 0 Å². The molecule has 1 amide bonds. The Morgan fingerprint density at radius 1 is 1.39 bits per heavy atom. The van der Waals surface area contributed by atoms with Crippen LogP contribution >= 0.6 is 0 Å². The second-order valence-electron chi connectivity index (χ2n) is 5.48. The summed E-state index contributed by atoms with van der Waals surface area (Å²) in [6.07, 6.45) is 0.903. The highest BCUT2D eigenvalue weighted by Crippen LogP contribution is 2.22. The Morgan fingerprint density at radius 3 is 2.70 bits per heavy atom. The van der Waals surface area contributed by atoms with E-state index in [1.807, 2.05) is 0 Å². The molecular formula is C15H21FN2O4S. The number of hydrogen-bond donors (Lipinski definition) is 1. The maximum Gasteiger partial charge on any atom is 0.227 e. The van der Waals surface area contributed by atoms with Crippen molar-refractivity contribution in [1.82, 2.24) is 4.31 Å². The number of sulfonamides is 1. The zero-order valence-corrected chi connectivity index (χ0v) is 13.8. The van der Waals surface area contributed by atoms with E-state index in [-0.39, 0.29) is 24.2 Å². The molecule has 0 radical (unpaired) electrons. The fourth-order valence-corrected chi connectivity index (χ4v) is 3.93. The zero-order valence-electron chi connectivity index (χ0n) is 13.0. The van der Waals surface area contributed by atoms with Crippen molar-refractivity contribution in [3.05, 3.63) is 30.1 Å². The average molecular weight is 344 g/mol. The first-order chi connectivity index (χ1) is 10.9. The van der Waals surface area contributed by atoms with E-state index in [1.54, 1.807) is 6.07 Å². The highest BCUT2D eigenvalue weighted by Gasteiger charge is 2.30. The maximum atomic E-state index is 13.1. The molecule has 128 valence electrons.